The van der Waals surface area contributed by atoms with Crippen LogP contribution in [0.4, 0.5) is 14.5 Å². The minimum Gasteiger partial charge on any atom is -0.485 e. The van der Waals surface area contributed by atoms with Crippen molar-refractivity contribution in [3.05, 3.63) is 41.7 Å². The number of benzene rings is 1. The summed E-state index contributed by atoms with van der Waals surface area (Å²) < 4.78 is 60.7. The summed E-state index contributed by atoms with van der Waals surface area (Å²) >= 11 is 0. The first-order valence-electron chi connectivity index (χ1n) is 7.75. The van der Waals surface area contributed by atoms with Gasteiger partial charge < -0.3 is 14.6 Å². The number of sulfonamides is 1. The Kier molecular flexibility index (Phi) is 4.49. The van der Waals surface area contributed by atoms with E-state index in [0.29, 0.717) is 0 Å². The molecule has 2 atom stereocenters. The van der Waals surface area contributed by atoms with Gasteiger partial charge >= 0.3 is 0 Å². The molecule has 0 radical (unpaired) electrons. The summed E-state index contributed by atoms with van der Waals surface area (Å²) in [6.45, 7) is 3.32. The van der Waals surface area contributed by atoms with E-state index in [1.165, 1.54) is 23.9 Å². The zero-order valence-electron chi connectivity index (χ0n) is 14.2. The molecule has 140 valence electrons. The Morgan fingerprint density at radius 1 is 1.27 bits per heavy atom. The third-order valence-electron chi connectivity index (χ3n) is 4.13. The monoisotopic (exact) mass is 385 g/mol. The van der Waals surface area contributed by atoms with Crippen molar-refractivity contribution < 1.29 is 26.7 Å². The van der Waals surface area contributed by atoms with Crippen LogP contribution < -0.4 is 14.8 Å². The van der Waals surface area contributed by atoms with Crippen LogP contribution in [-0.2, 0) is 17.1 Å². The van der Waals surface area contributed by atoms with Crippen molar-refractivity contribution in [2.24, 2.45) is 7.05 Å². The molecule has 1 amide bonds. The van der Waals surface area contributed by atoms with Crippen molar-refractivity contribution in [2.45, 2.75) is 30.9 Å². The molecular formula is C16H17F2N3O4S. The van der Waals surface area contributed by atoms with E-state index in [1.807, 2.05) is 0 Å². The average Bonchev–Trinajstić information content (AvgIpc) is 2.84. The van der Waals surface area contributed by atoms with Crippen molar-refractivity contribution >= 4 is 21.6 Å². The first kappa shape index (κ1) is 18.3. The molecule has 1 aliphatic rings. The molecule has 1 aromatic heterocycles. The van der Waals surface area contributed by atoms with Crippen molar-refractivity contribution in [1.82, 2.24) is 9.29 Å². The Balaban J connectivity index is 2.02. The predicted molar refractivity (Wildman–Crippen MR) is 89.6 cm³/mol. The maximum Gasteiger partial charge on any atom is 0.276 e. The fourth-order valence-corrected chi connectivity index (χ4v) is 4.09. The molecule has 0 aliphatic carbocycles. The molecule has 2 aromatic rings. The van der Waals surface area contributed by atoms with Crippen LogP contribution in [0.15, 0.2) is 29.3 Å². The zero-order valence-corrected chi connectivity index (χ0v) is 15.0. The number of rotatable bonds is 2. The van der Waals surface area contributed by atoms with Crippen LogP contribution in [-0.4, -0.2) is 31.0 Å². The minimum absolute atomic E-state index is 0.0277. The van der Waals surface area contributed by atoms with Crippen molar-refractivity contribution in [2.75, 3.05) is 5.32 Å². The third kappa shape index (κ3) is 3.17. The fraction of sp³-hybridized carbons (Fsp3) is 0.312. The van der Waals surface area contributed by atoms with Gasteiger partial charge in [-0.25, -0.2) is 21.9 Å². The lowest BCUT2D eigenvalue weighted by atomic mass is 10.2. The van der Waals surface area contributed by atoms with Gasteiger partial charge in [0.1, 0.15) is 11.0 Å². The number of halogens is 2. The number of carbonyl (C=O) groups is 1. The summed E-state index contributed by atoms with van der Waals surface area (Å²) in [6, 6.07) is 2.41. The van der Waals surface area contributed by atoms with Gasteiger partial charge in [0.05, 0.1) is 6.04 Å². The third-order valence-corrected chi connectivity index (χ3v) is 5.69. The van der Waals surface area contributed by atoms with Gasteiger partial charge in [0.25, 0.3) is 5.91 Å². The van der Waals surface area contributed by atoms with Crippen LogP contribution in [0.3, 0.4) is 0 Å². The van der Waals surface area contributed by atoms with E-state index >= 15 is 0 Å². The Labute approximate surface area is 149 Å². The molecule has 1 aromatic carbocycles. The van der Waals surface area contributed by atoms with Gasteiger partial charge in [-0.1, -0.05) is 0 Å². The lowest BCUT2D eigenvalue weighted by molar-refractivity contribution is 0.101. The van der Waals surface area contributed by atoms with Crippen LogP contribution in [0.25, 0.3) is 0 Å². The van der Waals surface area contributed by atoms with Crippen LogP contribution in [0.1, 0.15) is 24.3 Å². The second-order valence-corrected chi connectivity index (χ2v) is 7.78. The number of nitrogens with one attached hydrogen (secondary N) is 2. The highest BCUT2D eigenvalue weighted by Crippen LogP contribution is 2.34. The van der Waals surface area contributed by atoms with Crippen LogP contribution in [0, 0.1) is 11.6 Å². The Morgan fingerprint density at radius 3 is 2.62 bits per heavy atom. The molecule has 26 heavy (non-hydrogen) atoms. The van der Waals surface area contributed by atoms with E-state index in [2.05, 4.69) is 10.0 Å². The van der Waals surface area contributed by atoms with Crippen molar-refractivity contribution in [3.8, 4) is 5.75 Å². The van der Waals surface area contributed by atoms with E-state index in [9.17, 15) is 22.0 Å². The van der Waals surface area contributed by atoms with E-state index in [0.717, 1.165) is 12.1 Å². The lowest BCUT2D eigenvalue weighted by Gasteiger charge is -2.18. The maximum atomic E-state index is 13.3. The topological polar surface area (TPSA) is 89.4 Å². The Morgan fingerprint density at radius 2 is 1.96 bits per heavy atom. The van der Waals surface area contributed by atoms with Crippen LogP contribution >= 0.6 is 0 Å². The molecule has 0 fully saturated rings. The second kappa shape index (κ2) is 6.36. The number of hydrogen-bond donors (Lipinski definition) is 2. The number of aromatic nitrogens is 1. The van der Waals surface area contributed by atoms with Crippen LogP contribution in [0.2, 0.25) is 0 Å². The molecule has 0 spiro atoms. The normalized spacial score (nSPS) is 21.4. The van der Waals surface area contributed by atoms with Gasteiger partial charge in [-0.15, -0.1) is 0 Å². The number of amides is 1. The second-order valence-electron chi connectivity index (χ2n) is 6.10. The molecule has 0 bridgehead atoms. The highest BCUT2D eigenvalue weighted by molar-refractivity contribution is 7.89. The van der Waals surface area contributed by atoms with Gasteiger partial charge in [-0.3, -0.25) is 4.79 Å². The quantitative estimate of drug-likeness (QED) is 0.828. The first-order valence-corrected chi connectivity index (χ1v) is 9.23. The predicted octanol–water partition coefficient (Wildman–Crippen LogP) is 2.00. The number of nitrogens with zero attached hydrogens (tertiary/aromatic N) is 1. The minimum atomic E-state index is -3.87. The van der Waals surface area contributed by atoms with Crippen molar-refractivity contribution in [1.29, 1.82) is 0 Å². The SMILES string of the molecule is C[C@@H]1NS(=O)(=O)c2cn(C)c(C(=O)Nc3ccc(F)c(F)c3)c2O[C@H]1C. The number of fused-ring (bicyclic) bond motifs is 1. The highest BCUT2D eigenvalue weighted by atomic mass is 32.2. The summed E-state index contributed by atoms with van der Waals surface area (Å²) in [7, 11) is -2.38. The van der Waals surface area contributed by atoms with E-state index in [1.54, 1.807) is 13.8 Å². The Bertz CT molecular complexity index is 988. The zero-order chi connectivity index (χ0) is 19.2. The number of ether oxygens (including phenoxy) is 1. The highest BCUT2D eigenvalue weighted by Gasteiger charge is 2.36. The molecule has 2 N–H and O–H groups in total. The first-order chi connectivity index (χ1) is 12.1. The summed E-state index contributed by atoms with van der Waals surface area (Å²) in [4.78, 5) is 12.5. The molecule has 10 heteroatoms. The molecule has 2 heterocycles. The summed E-state index contributed by atoms with van der Waals surface area (Å²) in [6.07, 6.45) is 0.742. The molecule has 3 rings (SSSR count). The van der Waals surface area contributed by atoms with Crippen LogP contribution in [0.5, 0.6) is 5.75 Å². The summed E-state index contributed by atoms with van der Waals surface area (Å²) in [5.74, 6) is -2.95. The number of carbonyl (C=O) groups excluding carboxylic acids is 1. The van der Waals surface area contributed by atoms with Gasteiger partial charge in [-0.05, 0) is 26.0 Å². The molecule has 0 saturated carbocycles. The van der Waals surface area contributed by atoms with E-state index < -0.39 is 39.7 Å². The fourth-order valence-electron chi connectivity index (χ4n) is 2.60. The van der Waals surface area contributed by atoms with Crippen molar-refractivity contribution in [3.63, 3.8) is 0 Å². The molecular weight excluding hydrogens is 368 g/mol. The smallest absolute Gasteiger partial charge is 0.276 e. The molecule has 0 unspecified atom stereocenters. The molecule has 1 aliphatic heterocycles. The average molecular weight is 385 g/mol. The Hall–Kier alpha value is -2.46. The van der Waals surface area contributed by atoms with Gasteiger partial charge in [0.2, 0.25) is 10.0 Å². The van der Waals surface area contributed by atoms with Gasteiger partial charge in [0.15, 0.2) is 23.1 Å². The standard InChI is InChI=1S/C16H17F2N3O4S/c1-8-9(2)25-15-13(26(23,24)20-8)7-21(3)14(15)16(22)19-10-4-5-11(17)12(18)6-10/h4-9,20H,1-3H3,(H,19,22)/t8-,9-/m0/s1. The number of anilines is 1. The largest absolute Gasteiger partial charge is 0.485 e. The summed E-state index contributed by atoms with van der Waals surface area (Å²) in [5, 5.41) is 2.42. The lowest BCUT2D eigenvalue weighted by Crippen LogP contribution is -2.39. The molecule has 7 nitrogen and oxygen atoms in total. The van der Waals surface area contributed by atoms with Gasteiger partial charge in [0, 0.05) is 25.0 Å². The number of aryl methyl sites for hydroxylation is 1. The van der Waals surface area contributed by atoms with Gasteiger partial charge in [-0.2, -0.15) is 0 Å². The van der Waals surface area contributed by atoms with E-state index in [-0.39, 0.29) is 22.0 Å². The maximum absolute atomic E-state index is 13.3. The van der Waals surface area contributed by atoms with E-state index in [4.69, 9.17) is 4.74 Å². The molecule has 0 saturated heterocycles. The summed E-state index contributed by atoms with van der Waals surface area (Å²) in [5.41, 5.74) is -0.0177. The number of hydrogen-bond acceptors (Lipinski definition) is 4.